The lowest BCUT2D eigenvalue weighted by Gasteiger charge is -2.21. The highest BCUT2D eigenvalue weighted by Gasteiger charge is 2.32. The molecule has 0 aromatic carbocycles. The van der Waals surface area contributed by atoms with Crippen molar-refractivity contribution in [1.29, 1.82) is 0 Å². The van der Waals surface area contributed by atoms with E-state index in [-0.39, 0.29) is 5.97 Å². The monoisotopic (exact) mass is 285 g/mol. The maximum absolute atomic E-state index is 11.6. The lowest BCUT2D eigenvalue weighted by molar-refractivity contribution is -0.144. The highest BCUT2D eigenvalue weighted by molar-refractivity contribution is 6.31. The second-order valence-electron chi connectivity index (χ2n) is 4.91. The second-order valence-corrected chi connectivity index (χ2v) is 5.29. The van der Waals surface area contributed by atoms with Crippen LogP contribution < -0.4 is 0 Å². The Balaban J connectivity index is 2.06. The SMILES string of the molecule is CCOC(=O)CN(Cc1c(Cl)c(C)nn1C)C1CC1. The molecule has 1 aromatic rings. The first-order valence-electron chi connectivity index (χ1n) is 6.60. The van der Waals surface area contributed by atoms with Gasteiger partial charge in [-0.2, -0.15) is 5.10 Å². The molecule has 0 bridgehead atoms. The van der Waals surface area contributed by atoms with E-state index in [1.807, 2.05) is 20.9 Å². The molecule has 0 radical (unpaired) electrons. The van der Waals surface area contributed by atoms with Gasteiger partial charge in [-0.15, -0.1) is 0 Å². The standard InChI is InChI=1S/C13H20ClN3O2/c1-4-19-12(18)8-17(10-5-6-10)7-11-13(14)9(2)15-16(11)3/h10H,4-8H2,1-3H3. The zero-order chi connectivity index (χ0) is 14.0. The van der Waals surface area contributed by atoms with Crippen molar-refractivity contribution in [1.82, 2.24) is 14.7 Å². The van der Waals surface area contributed by atoms with Gasteiger partial charge in [0.15, 0.2) is 0 Å². The molecule has 0 saturated heterocycles. The summed E-state index contributed by atoms with van der Waals surface area (Å²) in [7, 11) is 1.88. The number of hydrogen-bond donors (Lipinski definition) is 0. The molecular formula is C13H20ClN3O2. The third-order valence-corrected chi connectivity index (χ3v) is 3.81. The number of carbonyl (C=O) groups is 1. The Labute approximate surface area is 118 Å². The van der Waals surface area contributed by atoms with Gasteiger partial charge in [-0.05, 0) is 26.7 Å². The Morgan fingerprint density at radius 1 is 1.58 bits per heavy atom. The van der Waals surface area contributed by atoms with E-state index in [1.54, 1.807) is 4.68 Å². The fourth-order valence-electron chi connectivity index (χ4n) is 2.17. The van der Waals surface area contributed by atoms with Crippen LogP contribution in [0.4, 0.5) is 0 Å². The van der Waals surface area contributed by atoms with E-state index >= 15 is 0 Å². The van der Waals surface area contributed by atoms with Gasteiger partial charge in [-0.25, -0.2) is 0 Å². The van der Waals surface area contributed by atoms with Gasteiger partial charge in [0.25, 0.3) is 0 Å². The van der Waals surface area contributed by atoms with Crippen molar-refractivity contribution in [2.75, 3.05) is 13.2 Å². The van der Waals surface area contributed by atoms with E-state index in [0.29, 0.717) is 30.8 Å². The van der Waals surface area contributed by atoms with Gasteiger partial charge in [0, 0.05) is 19.6 Å². The molecule has 0 unspecified atom stereocenters. The smallest absolute Gasteiger partial charge is 0.320 e. The Bertz CT molecular complexity index is 469. The van der Waals surface area contributed by atoms with E-state index < -0.39 is 0 Å². The van der Waals surface area contributed by atoms with Crippen molar-refractivity contribution in [3.63, 3.8) is 0 Å². The number of aryl methyl sites for hydroxylation is 2. The van der Waals surface area contributed by atoms with E-state index in [4.69, 9.17) is 16.3 Å². The molecule has 2 rings (SSSR count). The number of aromatic nitrogens is 2. The Kier molecular flexibility index (Phi) is 4.47. The van der Waals surface area contributed by atoms with Crippen LogP contribution in [-0.2, 0) is 23.1 Å². The summed E-state index contributed by atoms with van der Waals surface area (Å²) >= 11 is 6.25. The van der Waals surface area contributed by atoms with E-state index in [1.165, 1.54) is 0 Å². The number of ether oxygens (including phenoxy) is 1. The number of carbonyl (C=O) groups excluding carboxylic acids is 1. The summed E-state index contributed by atoms with van der Waals surface area (Å²) in [6.07, 6.45) is 2.27. The number of nitrogens with zero attached hydrogens (tertiary/aromatic N) is 3. The lowest BCUT2D eigenvalue weighted by atomic mass is 10.3. The van der Waals surface area contributed by atoms with Crippen molar-refractivity contribution in [3.8, 4) is 0 Å². The van der Waals surface area contributed by atoms with Gasteiger partial charge in [-0.1, -0.05) is 11.6 Å². The van der Waals surface area contributed by atoms with Crippen LogP contribution in [0.5, 0.6) is 0 Å². The Hall–Kier alpha value is -1.07. The minimum atomic E-state index is -0.176. The van der Waals surface area contributed by atoms with Crippen LogP contribution in [0.1, 0.15) is 31.2 Å². The second kappa shape index (κ2) is 5.92. The first kappa shape index (κ1) is 14.3. The van der Waals surface area contributed by atoms with Crippen molar-refractivity contribution in [2.45, 2.75) is 39.3 Å². The molecule has 1 aliphatic rings. The minimum absolute atomic E-state index is 0.176. The van der Waals surface area contributed by atoms with Gasteiger partial charge in [0.1, 0.15) is 0 Å². The quantitative estimate of drug-likeness (QED) is 0.749. The molecule has 0 amide bonds. The van der Waals surface area contributed by atoms with Gasteiger partial charge < -0.3 is 4.74 Å². The molecule has 6 heteroatoms. The molecule has 1 fully saturated rings. The average molecular weight is 286 g/mol. The number of hydrogen-bond acceptors (Lipinski definition) is 4. The summed E-state index contributed by atoms with van der Waals surface area (Å²) in [5.74, 6) is -0.176. The lowest BCUT2D eigenvalue weighted by Crippen LogP contribution is -2.33. The van der Waals surface area contributed by atoms with Crippen LogP contribution in [-0.4, -0.2) is 39.8 Å². The zero-order valence-electron chi connectivity index (χ0n) is 11.6. The number of esters is 1. The molecular weight excluding hydrogens is 266 g/mol. The minimum Gasteiger partial charge on any atom is -0.465 e. The molecule has 0 N–H and O–H groups in total. The molecule has 0 atom stereocenters. The largest absolute Gasteiger partial charge is 0.465 e. The van der Waals surface area contributed by atoms with Crippen LogP contribution in [0.3, 0.4) is 0 Å². The van der Waals surface area contributed by atoms with Crippen LogP contribution in [0, 0.1) is 6.92 Å². The highest BCUT2D eigenvalue weighted by atomic mass is 35.5. The molecule has 19 heavy (non-hydrogen) atoms. The highest BCUT2D eigenvalue weighted by Crippen LogP contribution is 2.30. The van der Waals surface area contributed by atoms with Gasteiger partial charge in [0.05, 0.1) is 29.6 Å². The Morgan fingerprint density at radius 3 is 2.74 bits per heavy atom. The van der Waals surface area contributed by atoms with Crippen molar-refractivity contribution in [3.05, 3.63) is 16.4 Å². The van der Waals surface area contributed by atoms with Crippen molar-refractivity contribution < 1.29 is 9.53 Å². The maximum atomic E-state index is 11.6. The first-order valence-corrected chi connectivity index (χ1v) is 6.98. The molecule has 106 valence electrons. The number of halogens is 1. The van der Waals surface area contributed by atoms with Crippen LogP contribution >= 0.6 is 11.6 Å². The molecule has 0 aliphatic heterocycles. The average Bonchev–Trinajstić information content (AvgIpc) is 3.14. The van der Waals surface area contributed by atoms with E-state index in [2.05, 4.69) is 10.00 Å². The Morgan fingerprint density at radius 2 is 2.26 bits per heavy atom. The van der Waals surface area contributed by atoms with Crippen LogP contribution in [0.2, 0.25) is 5.02 Å². The van der Waals surface area contributed by atoms with Gasteiger partial charge in [0.2, 0.25) is 0 Å². The summed E-state index contributed by atoms with van der Waals surface area (Å²) in [4.78, 5) is 13.8. The maximum Gasteiger partial charge on any atom is 0.320 e. The summed E-state index contributed by atoms with van der Waals surface area (Å²) in [6, 6.07) is 0.468. The summed E-state index contributed by atoms with van der Waals surface area (Å²) < 4.78 is 6.81. The third-order valence-electron chi connectivity index (χ3n) is 3.32. The summed E-state index contributed by atoms with van der Waals surface area (Å²) in [5.41, 5.74) is 1.78. The normalized spacial score (nSPS) is 15.0. The molecule has 0 spiro atoms. The topological polar surface area (TPSA) is 47.4 Å². The van der Waals surface area contributed by atoms with E-state index in [9.17, 15) is 4.79 Å². The molecule has 1 heterocycles. The van der Waals surface area contributed by atoms with Crippen LogP contribution in [0.15, 0.2) is 0 Å². The predicted octanol–water partition coefficient (Wildman–Crippen LogP) is 1.91. The van der Waals surface area contributed by atoms with Crippen molar-refractivity contribution in [2.24, 2.45) is 7.05 Å². The fourth-order valence-corrected chi connectivity index (χ4v) is 2.39. The molecule has 5 nitrogen and oxygen atoms in total. The summed E-state index contributed by atoms with van der Waals surface area (Å²) in [6.45, 7) is 5.08. The predicted molar refractivity (Wildman–Crippen MR) is 73.0 cm³/mol. The summed E-state index contributed by atoms with van der Waals surface area (Å²) in [5, 5.41) is 4.99. The molecule has 1 aliphatic carbocycles. The number of rotatable bonds is 6. The third kappa shape index (κ3) is 3.48. The fraction of sp³-hybridized carbons (Fsp3) is 0.692. The van der Waals surface area contributed by atoms with Gasteiger partial charge in [-0.3, -0.25) is 14.4 Å². The van der Waals surface area contributed by atoms with Crippen LogP contribution in [0.25, 0.3) is 0 Å². The zero-order valence-corrected chi connectivity index (χ0v) is 12.4. The van der Waals surface area contributed by atoms with E-state index in [0.717, 1.165) is 24.2 Å². The first-order chi connectivity index (χ1) is 9.02. The van der Waals surface area contributed by atoms with Crippen molar-refractivity contribution >= 4 is 17.6 Å². The molecule has 1 aromatic heterocycles. The molecule has 1 saturated carbocycles. The van der Waals surface area contributed by atoms with Gasteiger partial charge >= 0.3 is 5.97 Å².